The van der Waals surface area contributed by atoms with Crippen LogP contribution in [0.2, 0.25) is 0 Å². The van der Waals surface area contributed by atoms with Gasteiger partial charge in [0.05, 0.1) is 36.0 Å². The molecule has 4 atom stereocenters. The molecule has 4 aliphatic heterocycles. The summed E-state index contributed by atoms with van der Waals surface area (Å²) >= 11 is 0. The van der Waals surface area contributed by atoms with Crippen molar-refractivity contribution in [1.82, 2.24) is 35.9 Å². The zero-order chi connectivity index (χ0) is 26.0. The number of aromatic nitrogens is 5. The van der Waals surface area contributed by atoms with Crippen molar-refractivity contribution in [3.63, 3.8) is 0 Å². The Morgan fingerprint density at radius 2 is 2.00 bits per heavy atom. The van der Waals surface area contributed by atoms with Crippen molar-refractivity contribution >= 4 is 34.6 Å². The third-order valence-electron chi connectivity index (χ3n) is 8.72. The number of nitrogens with zero attached hydrogens (tertiary/aromatic N) is 6. The number of aromatic amines is 1. The van der Waals surface area contributed by atoms with Gasteiger partial charge in [-0.05, 0) is 38.3 Å². The summed E-state index contributed by atoms with van der Waals surface area (Å²) in [5, 5.41) is 10.4. The highest BCUT2D eigenvalue weighted by atomic mass is 16.7. The summed E-state index contributed by atoms with van der Waals surface area (Å²) in [4.78, 5) is 35.2. The predicted molar refractivity (Wildman–Crippen MR) is 139 cm³/mol. The van der Waals surface area contributed by atoms with Gasteiger partial charge in [0.15, 0.2) is 23.1 Å². The number of fused-ring (bicyclic) bond motifs is 2. The molecular weight excluding hydrogens is 488 g/mol. The van der Waals surface area contributed by atoms with Crippen LogP contribution < -0.4 is 26.3 Å². The Hall–Kier alpha value is -3.55. The van der Waals surface area contributed by atoms with Gasteiger partial charge in [-0.3, -0.25) is 15.4 Å². The molecular formula is C25H32N10O3. The number of H-pyrrole nitrogens is 1. The van der Waals surface area contributed by atoms with E-state index in [1.165, 1.54) is 0 Å². The van der Waals surface area contributed by atoms with E-state index < -0.39 is 12.3 Å². The van der Waals surface area contributed by atoms with Crippen molar-refractivity contribution in [2.75, 3.05) is 36.0 Å². The van der Waals surface area contributed by atoms with E-state index in [9.17, 15) is 4.79 Å². The Kier molecular flexibility index (Phi) is 5.42. The molecule has 7 rings (SSSR count). The fourth-order valence-electron chi connectivity index (χ4n) is 6.23. The number of ether oxygens (including phenoxy) is 1. The number of rotatable bonds is 3. The lowest BCUT2D eigenvalue weighted by molar-refractivity contribution is 0.0974. The molecule has 5 N–H and O–H groups in total. The van der Waals surface area contributed by atoms with Gasteiger partial charge >= 0.3 is 6.09 Å². The highest BCUT2D eigenvalue weighted by molar-refractivity contribution is 5.87. The van der Waals surface area contributed by atoms with Gasteiger partial charge in [-0.15, -0.1) is 5.48 Å². The van der Waals surface area contributed by atoms with E-state index in [2.05, 4.69) is 44.6 Å². The topological polar surface area (TPSA) is 159 Å². The van der Waals surface area contributed by atoms with Crippen molar-refractivity contribution in [3.05, 3.63) is 29.7 Å². The second-order valence-corrected chi connectivity index (χ2v) is 10.9. The number of anilines is 3. The average molecular weight is 521 g/mol. The van der Waals surface area contributed by atoms with Crippen LogP contribution in [0.4, 0.5) is 22.1 Å². The molecule has 1 unspecified atom stereocenters. The first-order chi connectivity index (χ1) is 18.4. The van der Waals surface area contributed by atoms with Crippen LogP contribution in [0.1, 0.15) is 56.6 Å². The van der Waals surface area contributed by atoms with E-state index in [1.54, 1.807) is 0 Å². The summed E-state index contributed by atoms with van der Waals surface area (Å²) < 4.78 is 5.87. The normalized spacial score (nSPS) is 28.6. The molecule has 38 heavy (non-hydrogen) atoms. The Morgan fingerprint density at radius 3 is 2.74 bits per heavy atom. The van der Waals surface area contributed by atoms with Crippen LogP contribution in [0.3, 0.4) is 0 Å². The molecule has 3 aromatic heterocycles. The van der Waals surface area contributed by atoms with Crippen LogP contribution in [-0.2, 0) is 9.57 Å². The summed E-state index contributed by atoms with van der Waals surface area (Å²) in [5.41, 5.74) is 13.2. The van der Waals surface area contributed by atoms with Gasteiger partial charge in [-0.25, -0.2) is 14.8 Å². The Balaban J connectivity index is 1.13. The minimum Gasteiger partial charge on any atom is -0.376 e. The number of hydrogen-bond donors (Lipinski definition) is 4. The summed E-state index contributed by atoms with van der Waals surface area (Å²) in [6.07, 6.45) is 3.84. The average Bonchev–Trinajstić information content (AvgIpc) is 3.64. The molecule has 0 saturated carbocycles. The first kappa shape index (κ1) is 23.6. The number of hydroxylamine groups is 1. The van der Waals surface area contributed by atoms with E-state index in [-0.39, 0.29) is 23.5 Å². The number of nitrogens with one attached hydrogen (secondary N) is 3. The fraction of sp³-hybridized carbons (Fsp3) is 0.560. The highest BCUT2D eigenvalue weighted by Gasteiger charge is 2.47. The van der Waals surface area contributed by atoms with Crippen LogP contribution in [0.5, 0.6) is 0 Å². The van der Waals surface area contributed by atoms with Gasteiger partial charge in [-0.2, -0.15) is 5.10 Å². The third kappa shape index (κ3) is 3.68. The molecule has 7 heterocycles. The molecule has 0 aromatic carbocycles. The highest BCUT2D eigenvalue weighted by Crippen LogP contribution is 2.43. The first-order valence-electron chi connectivity index (χ1n) is 13.3. The Morgan fingerprint density at radius 1 is 1.16 bits per heavy atom. The van der Waals surface area contributed by atoms with E-state index in [0.717, 1.165) is 74.0 Å². The van der Waals surface area contributed by atoms with Gasteiger partial charge in [0.1, 0.15) is 5.82 Å². The summed E-state index contributed by atoms with van der Waals surface area (Å²) in [6.45, 7) is 7.50. The second-order valence-electron chi connectivity index (χ2n) is 10.9. The number of carbonyl (C=O) groups excluding carboxylic acids is 1. The van der Waals surface area contributed by atoms with Crippen LogP contribution in [0, 0.1) is 5.41 Å². The van der Waals surface area contributed by atoms with Crippen molar-refractivity contribution < 1.29 is 14.4 Å². The SMILES string of the molecule is C[C@@H]1CCN(c2n[nH]c3nc(N4CCC5(CC4)CO[C@@H](C)[C@H]5N)cnc23)c2ccc(C3NOC(=O)N3)nc21. The molecule has 1 spiro atoms. The Bertz CT molecular complexity index is 1390. The van der Waals surface area contributed by atoms with Crippen molar-refractivity contribution in [2.24, 2.45) is 11.1 Å². The molecule has 13 nitrogen and oxygen atoms in total. The van der Waals surface area contributed by atoms with Crippen LogP contribution >= 0.6 is 0 Å². The number of hydrogen-bond acceptors (Lipinski definition) is 11. The molecule has 0 radical (unpaired) electrons. The van der Waals surface area contributed by atoms with E-state index in [0.29, 0.717) is 11.3 Å². The lowest BCUT2D eigenvalue weighted by Gasteiger charge is -2.41. The third-order valence-corrected chi connectivity index (χ3v) is 8.72. The van der Waals surface area contributed by atoms with Crippen LogP contribution in [0.15, 0.2) is 18.3 Å². The maximum Gasteiger partial charge on any atom is 0.427 e. The smallest absolute Gasteiger partial charge is 0.376 e. The predicted octanol–water partition coefficient (Wildman–Crippen LogP) is 1.97. The summed E-state index contributed by atoms with van der Waals surface area (Å²) in [6, 6.07) is 3.99. The van der Waals surface area contributed by atoms with Gasteiger partial charge in [0.2, 0.25) is 0 Å². The summed E-state index contributed by atoms with van der Waals surface area (Å²) in [5.74, 6) is 1.83. The standard InChI is InChI=1S/C25H32N10O3/c1-13-5-8-35(16-4-3-15(28-18(13)16)21-30-24(36)38-33-21)23-19-22(31-32-23)29-17(11-27-19)34-9-6-25(7-10-34)12-37-14(2)20(25)26/h3-4,11,13-14,20-21,33H,5-10,12,26H2,1-2H3,(H,30,36)(H,29,31,32)/t13-,14+,20-,21?/m1/s1. The minimum absolute atomic E-state index is 0.0632. The largest absolute Gasteiger partial charge is 0.427 e. The number of carbonyl (C=O) groups is 1. The van der Waals surface area contributed by atoms with Crippen molar-refractivity contribution in [1.29, 1.82) is 0 Å². The molecule has 4 aliphatic rings. The molecule has 0 bridgehead atoms. The quantitative estimate of drug-likeness (QED) is 0.400. The maximum absolute atomic E-state index is 11.5. The lowest BCUT2D eigenvalue weighted by Crippen LogP contribution is -2.50. The number of amides is 1. The molecule has 200 valence electrons. The Labute approximate surface area is 219 Å². The van der Waals surface area contributed by atoms with E-state index in [1.807, 2.05) is 18.3 Å². The van der Waals surface area contributed by atoms with Crippen LogP contribution in [0.25, 0.3) is 11.2 Å². The van der Waals surface area contributed by atoms with Crippen molar-refractivity contribution in [3.8, 4) is 0 Å². The number of piperidine rings is 1. The molecule has 0 aliphatic carbocycles. The summed E-state index contributed by atoms with van der Waals surface area (Å²) in [7, 11) is 0. The monoisotopic (exact) mass is 520 g/mol. The van der Waals surface area contributed by atoms with E-state index in [4.69, 9.17) is 30.3 Å². The van der Waals surface area contributed by atoms with Gasteiger partial charge in [0, 0.05) is 37.0 Å². The zero-order valence-corrected chi connectivity index (χ0v) is 21.5. The molecule has 3 aromatic rings. The minimum atomic E-state index is -0.514. The lowest BCUT2D eigenvalue weighted by atomic mass is 9.73. The molecule has 3 fully saturated rings. The zero-order valence-electron chi connectivity index (χ0n) is 21.5. The molecule has 1 amide bonds. The molecule has 3 saturated heterocycles. The second kappa shape index (κ2) is 8.75. The molecule has 13 heteroatoms. The number of pyridine rings is 1. The van der Waals surface area contributed by atoms with Gasteiger partial charge < -0.3 is 25.1 Å². The van der Waals surface area contributed by atoms with Crippen molar-refractivity contribution in [2.45, 2.75) is 57.3 Å². The van der Waals surface area contributed by atoms with Gasteiger partial charge in [-0.1, -0.05) is 6.92 Å². The first-order valence-corrected chi connectivity index (χ1v) is 13.3. The fourth-order valence-corrected chi connectivity index (χ4v) is 6.23. The van der Waals surface area contributed by atoms with Gasteiger partial charge in [0.25, 0.3) is 0 Å². The number of nitrogens with two attached hydrogens (primary N) is 1. The maximum atomic E-state index is 11.5. The van der Waals surface area contributed by atoms with Crippen LogP contribution in [-0.4, -0.2) is 69.6 Å². The van der Waals surface area contributed by atoms with E-state index >= 15 is 0 Å².